The Balaban J connectivity index is 1.52. The summed E-state index contributed by atoms with van der Waals surface area (Å²) < 4.78 is 7.44. The zero-order valence-electron chi connectivity index (χ0n) is 16.5. The van der Waals surface area contributed by atoms with E-state index in [0.717, 1.165) is 29.0 Å². The second kappa shape index (κ2) is 9.41. The van der Waals surface area contributed by atoms with Gasteiger partial charge >= 0.3 is 0 Å². The summed E-state index contributed by atoms with van der Waals surface area (Å²) in [6, 6.07) is 15.3. The van der Waals surface area contributed by atoms with E-state index >= 15 is 0 Å². The molecule has 0 spiro atoms. The van der Waals surface area contributed by atoms with Crippen LogP contribution in [0.1, 0.15) is 18.2 Å². The van der Waals surface area contributed by atoms with Gasteiger partial charge in [-0.05, 0) is 42.3 Å². The number of para-hydroxylation sites is 1. The lowest BCUT2D eigenvalue weighted by Gasteiger charge is -2.10. The lowest BCUT2D eigenvalue weighted by molar-refractivity contribution is -0.113. The van der Waals surface area contributed by atoms with Crippen molar-refractivity contribution in [2.45, 2.75) is 25.0 Å². The van der Waals surface area contributed by atoms with Gasteiger partial charge in [0.25, 0.3) is 0 Å². The van der Waals surface area contributed by atoms with Crippen LogP contribution >= 0.6 is 11.8 Å². The molecule has 30 heavy (non-hydrogen) atoms. The van der Waals surface area contributed by atoms with E-state index in [9.17, 15) is 4.79 Å². The van der Waals surface area contributed by atoms with Gasteiger partial charge in [-0.15, -0.1) is 10.2 Å². The Morgan fingerprint density at radius 3 is 2.80 bits per heavy atom. The smallest absolute Gasteiger partial charge is 0.234 e. The molecule has 7 nitrogen and oxygen atoms in total. The van der Waals surface area contributed by atoms with Crippen LogP contribution in [0.4, 0.5) is 5.69 Å². The Labute approximate surface area is 178 Å². The van der Waals surface area contributed by atoms with Gasteiger partial charge in [0.1, 0.15) is 5.76 Å². The molecule has 0 aliphatic carbocycles. The molecular weight excluding hydrogens is 398 g/mol. The maximum absolute atomic E-state index is 12.5. The third-order valence-corrected chi connectivity index (χ3v) is 5.50. The molecule has 0 aliphatic heterocycles. The molecule has 3 aromatic heterocycles. The third kappa shape index (κ3) is 4.60. The van der Waals surface area contributed by atoms with Gasteiger partial charge in [-0.1, -0.05) is 36.9 Å². The fraction of sp³-hybridized carbons (Fsp3) is 0.182. The van der Waals surface area contributed by atoms with Crippen LogP contribution in [0.25, 0.3) is 11.4 Å². The number of carbonyl (C=O) groups is 1. The Morgan fingerprint density at radius 1 is 1.13 bits per heavy atom. The number of hydrogen-bond donors (Lipinski definition) is 1. The standard InChI is InChI=1S/C22H21N5O2S/c1-2-16-7-3-4-10-19(16)24-20(28)15-30-22-26-25-21(17-8-5-11-23-13-17)27(22)14-18-9-6-12-29-18/h3-13H,2,14-15H2,1H3,(H,24,28). The molecule has 1 N–H and O–H groups in total. The van der Waals surface area contributed by atoms with Crippen LogP contribution in [0.5, 0.6) is 0 Å². The summed E-state index contributed by atoms with van der Waals surface area (Å²) in [6.45, 7) is 2.53. The Morgan fingerprint density at radius 2 is 2.03 bits per heavy atom. The highest BCUT2D eigenvalue weighted by Gasteiger charge is 2.17. The van der Waals surface area contributed by atoms with Gasteiger partial charge in [-0.25, -0.2) is 0 Å². The molecule has 1 aromatic carbocycles. The van der Waals surface area contributed by atoms with Gasteiger partial charge in [0.15, 0.2) is 11.0 Å². The molecule has 0 unspecified atom stereocenters. The molecular formula is C22H21N5O2S. The normalized spacial score (nSPS) is 10.8. The molecule has 4 aromatic rings. The maximum Gasteiger partial charge on any atom is 0.234 e. The topological polar surface area (TPSA) is 85.8 Å². The predicted molar refractivity (Wildman–Crippen MR) is 116 cm³/mol. The van der Waals surface area contributed by atoms with Crippen molar-refractivity contribution in [2.24, 2.45) is 0 Å². The van der Waals surface area contributed by atoms with Crippen molar-refractivity contribution in [3.8, 4) is 11.4 Å². The second-order valence-electron chi connectivity index (χ2n) is 6.56. The van der Waals surface area contributed by atoms with Crippen molar-refractivity contribution in [3.63, 3.8) is 0 Å². The highest BCUT2D eigenvalue weighted by atomic mass is 32.2. The number of rotatable bonds is 8. The molecule has 4 rings (SSSR count). The molecule has 0 saturated heterocycles. The van der Waals surface area contributed by atoms with Crippen LogP contribution < -0.4 is 5.32 Å². The first-order valence-electron chi connectivity index (χ1n) is 9.61. The van der Waals surface area contributed by atoms with E-state index in [1.807, 2.05) is 53.1 Å². The summed E-state index contributed by atoms with van der Waals surface area (Å²) in [6.07, 6.45) is 5.95. The number of thioether (sulfide) groups is 1. The van der Waals surface area contributed by atoms with E-state index < -0.39 is 0 Å². The summed E-state index contributed by atoms with van der Waals surface area (Å²) in [4.78, 5) is 16.7. The molecule has 3 heterocycles. The molecule has 0 saturated carbocycles. The molecule has 0 fully saturated rings. The van der Waals surface area contributed by atoms with Gasteiger partial charge in [0.2, 0.25) is 5.91 Å². The second-order valence-corrected chi connectivity index (χ2v) is 7.50. The minimum Gasteiger partial charge on any atom is -0.467 e. The summed E-state index contributed by atoms with van der Waals surface area (Å²) in [5, 5.41) is 12.3. The first-order chi connectivity index (χ1) is 14.7. The fourth-order valence-corrected chi connectivity index (χ4v) is 3.81. The number of nitrogens with one attached hydrogen (secondary N) is 1. The number of aryl methyl sites for hydroxylation is 1. The van der Waals surface area contributed by atoms with Gasteiger partial charge in [0.05, 0.1) is 18.6 Å². The fourth-order valence-electron chi connectivity index (χ4n) is 3.07. The van der Waals surface area contributed by atoms with E-state index in [2.05, 4.69) is 27.4 Å². The van der Waals surface area contributed by atoms with Gasteiger partial charge < -0.3 is 9.73 Å². The van der Waals surface area contributed by atoms with E-state index in [0.29, 0.717) is 17.5 Å². The average Bonchev–Trinajstić information content (AvgIpc) is 3.44. The lowest BCUT2D eigenvalue weighted by Crippen LogP contribution is -2.16. The van der Waals surface area contributed by atoms with Crippen molar-refractivity contribution in [3.05, 3.63) is 78.5 Å². The molecule has 0 atom stereocenters. The van der Waals surface area contributed by atoms with Crippen molar-refractivity contribution in [1.29, 1.82) is 0 Å². The van der Waals surface area contributed by atoms with E-state index in [1.165, 1.54) is 11.8 Å². The number of aromatic nitrogens is 4. The van der Waals surface area contributed by atoms with E-state index in [1.54, 1.807) is 18.7 Å². The van der Waals surface area contributed by atoms with Crippen LogP contribution in [-0.4, -0.2) is 31.4 Å². The quantitative estimate of drug-likeness (QED) is 0.429. The molecule has 8 heteroatoms. The van der Waals surface area contributed by atoms with Crippen molar-refractivity contribution >= 4 is 23.4 Å². The summed E-state index contributed by atoms with van der Waals surface area (Å²) in [7, 11) is 0. The van der Waals surface area contributed by atoms with Gasteiger partial charge in [0, 0.05) is 23.6 Å². The number of hydrogen-bond acceptors (Lipinski definition) is 6. The molecule has 0 radical (unpaired) electrons. The first-order valence-corrected chi connectivity index (χ1v) is 10.6. The minimum absolute atomic E-state index is 0.0867. The number of benzene rings is 1. The lowest BCUT2D eigenvalue weighted by atomic mass is 10.1. The van der Waals surface area contributed by atoms with Crippen LogP contribution in [0.15, 0.2) is 76.8 Å². The largest absolute Gasteiger partial charge is 0.467 e. The number of carbonyl (C=O) groups excluding carboxylic acids is 1. The van der Waals surface area contributed by atoms with Crippen LogP contribution in [0.2, 0.25) is 0 Å². The molecule has 0 aliphatic rings. The van der Waals surface area contributed by atoms with Crippen molar-refractivity contribution < 1.29 is 9.21 Å². The number of anilines is 1. The Kier molecular flexibility index (Phi) is 6.24. The summed E-state index contributed by atoms with van der Waals surface area (Å²) in [5.74, 6) is 1.60. The zero-order valence-corrected chi connectivity index (χ0v) is 17.3. The Hall–Kier alpha value is -3.39. The average molecular weight is 420 g/mol. The zero-order chi connectivity index (χ0) is 20.8. The van der Waals surface area contributed by atoms with Crippen LogP contribution in [-0.2, 0) is 17.8 Å². The van der Waals surface area contributed by atoms with E-state index in [4.69, 9.17) is 4.42 Å². The van der Waals surface area contributed by atoms with Crippen molar-refractivity contribution in [1.82, 2.24) is 19.7 Å². The molecule has 0 bridgehead atoms. The monoisotopic (exact) mass is 419 g/mol. The molecule has 152 valence electrons. The predicted octanol–water partition coefficient (Wildman–Crippen LogP) is 4.27. The van der Waals surface area contributed by atoms with Crippen LogP contribution in [0, 0.1) is 0 Å². The van der Waals surface area contributed by atoms with Crippen molar-refractivity contribution in [2.75, 3.05) is 11.1 Å². The minimum atomic E-state index is -0.0867. The SMILES string of the molecule is CCc1ccccc1NC(=O)CSc1nnc(-c2cccnc2)n1Cc1ccco1. The highest BCUT2D eigenvalue weighted by Crippen LogP contribution is 2.25. The number of nitrogens with zero attached hydrogens (tertiary/aromatic N) is 4. The van der Waals surface area contributed by atoms with Gasteiger partial charge in [-0.3, -0.25) is 14.3 Å². The molecule has 1 amide bonds. The number of furan rings is 1. The number of pyridine rings is 1. The first kappa shape index (κ1) is 19.9. The maximum atomic E-state index is 12.5. The van der Waals surface area contributed by atoms with Gasteiger partial charge in [-0.2, -0.15) is 0 Å². The highest BCUT2D eigenvalue weighted by molar-refractivity contribution is 7.99. The third-order valence-electron chi connectivity index (χ3n) is 4.54. The summed E-state index contributed by atoms with van der Waals surface area (Å²) in [5.41, 5.74) is 2.80. The summed E-state index contributed by atoms with van der Waals surface area (Å²) >= 11 is 1.34. The Bertz CT molecular complexity index is 1110. The number of amides is 1. The van der Waals surface area contributed by atoms with Crippen LogP contribution in [0.3, 0.4) is 0 Å². The van der Waals surface area contributed by atoms with E-state index in [-0.39, 0.29) is 11.7 Å².